The topological polar surface area (TPSA) is 108 Å². The Bertz CT molecular complexity index is 780. The number of ether oxygens (including phenoxy) is 1. The van der Waals surface area contributed by atoms with Gasteiger partial charge in [-0.3, -0.25) is 9.59 Å². The lowest BCUT2D eigenvalue weighted by atomic mass is 9.95. The van der Waals surface area contributed by atoms with Gasteiger partial charge in [-0.2, -0.15) is 5.10 Å². The summed E-state index contributed by atoms with van der Waals surface area (Å²) in [4.78, 5) is 40.2. The highest BCUT2D eigenvalue weighted by Crippen LogP contribution is 2.22. The second-order valence-electron chi connectivity index (χ2n) is 8.84. The van der Waals surface area contributed by atoms with Crippen LogP contribution in [0.5, 0.6) is 0 Å². The maximum atomic E-state index is 12.8. The standard InChI is InChI=1S/C20H31N5O4/c1-20(2,3)29-19(28)24-9-6-15(7-10-24)22-18(27)14-5-4-8-25(13-14)16-11-17(26)23-21-12-16/h11-12,14-15H,4-10,13H2,1-3H3,(H,22,27)(H,23,26). The maximum absolute atomic E-state index is 12.8. The van der Waals surface area contributed by atoms with Crippen molar-refractivity contribution in [1.29, 1.82) is 0 Å². The molecule has 3 heterocycles. The van der Waals surface area contributed by atoms with Crippen molar-refractivity contribution in [1.82, 2.24) is 20.4 Å². The summed E-state index contributed by atoms with van der Waals surface area (Å²) < 4.78 is 5.42. The minimum absolute atomic E-state index is 0.0446. The summed E-state index contributed by atoms with van der Waals surface area (Å²) in [5.74, 6) is -0.0739. The second-order valence-corrected chi connectivity index (χ2v) is 8.84. The molecule has 2 aliphatic heterocycles. The van der Waals surface area contributed by atoms with E-state index in [0.29, 0.717) is 19.6 Å². The zero-order valence-electron chi connectivity index (χ0n) is 17.4. The molecule has 3 rings (SSSR count). The van der Waals surface area contributed by atoms with Crippen molar-refractivity contribution >= 4 is 17.7 Å². The third-order valence-electron chi connectivity index (χ3n) is 5.30. The van der Waals surface area contributed by atoms with Crippen LogP contribution in [0.25, 0.3) is 0 Å². The first-order valence-electron chi connectivity index (χ1n) is 10.3. The van der Waals surface area contributed by atoms with Gasteiger partial charge in [0.2, 0.25) is 5.91 Å². The highest BCUT2D eigenvalue weighted by molar-refractivity contribution is 5.80. The number of nitrogens with zero attached hydrogens (tertiary/aromatic N) is 3. The molecule has 2 fully saturated rings. The smallest absolute Gasteiger partial charge is 0.410 e. The molecular weight excluding hydrogens is 374 g/mol. The van der Waals surface area contributed by atoms with Crippen molar-refractivity contribution in [2.45, 2.75) is 58.1 Å². The molecule has 0 saturated carbocycles. The van der Waals surface area contributed by atoms with Gasteiger partial charge in [0.15, 0.2) is 0 Å². The average Bonchev–Trinajstić information content (AvgIpc) is 2.67. The van der Waals surface area contributed by atoms with Gasteiger partial charge < -0.3 is 19.9 Å². The fourth-order valence-electron chi connectivity index (χ4n) is 3.82. The Labute approximate surface area is 170 Å². The fourth-order valence-corrected chi connectivity index (χ4v) is 3.82. The van der Waals surface area contributed by atoms with Crippen LogP contribution in [0, 0.1) is 5.92 Å². The minimum atomic E-state index is -0.506. The molecule has 2 amide bonds. The molecule has 0 aromatic carbocycles. The lowest BCUT2D eigenvalue weighted by molar-refractivity contribution is -0.126. The highest BCUT2D eigenvalue weighted by atomic mass is 16.6. The summed E-state index contributed by atoms with van der Waals surface area (Å²) in [6.07, 6.45) is 4.49. The van der Waals surface area contributed by atoms with Crippen LogP contribution in [0.1, 0.15) is 46.5 Å². The van der Waals surface area contributed by atoms with Gasteiger partial charge in [-0.15, -0.1) is 0 Å². The van der Waals surface area contributed by atoms with Gasteiger partial charge in [0.05, 0.1) is 17.8 Å². The number of hydrogen-bond acceptors (Lipinski definition) is 6. The van der Waals surface area contributed by atoms with Crippen molar-refractivity contribution in [2.24, 2.45) is 5.92 Å². The van der Waals surface area contributed by atoms with E-state index < -0.39 is 5.60 Å². The van der Waals surface area contributed by atoms with E-state index in [2.05, 4.69) is 15.5 Å². The number of hydrogen-bond donors (Lipinski definition) is 2. The molecule has 2 aliphatic rings. The molecule has 1 unspecified atom stereocenters. The van der Waals surface area contributed by atoms with Crippen LogP contribution in [0.4, 0.5) is 10.5 Å². The van der Waals surface area contributed by atoms with Crippen LogP contribution in [0.2, 0.25) is 0 Å². The van der Waals surface area contributed by atoms with Crippen LogP contribution >= 0.6 is 0 Å². The van der Waals surface area contributed by atoms with E-state index in [4.69, 9.17) is 4.74 Å². The third kappa shape index (κ3) is 5.95. The number of H-pyrrole nitrogens is 1. The zero-order valence-corrected chi connectivity index (χ0v) is 17.4. The first kappa shape index (κ1) is 21.1. The first-order chi connectivity index (χ1) is 13.7. The van der Waals surface area contributed by atoms with Crippen LogP contribution in [0.15, 0.2) is 17.1 Å². The quantitative estimate of drug-likeness (QED) is 0.789. The first-order valence-corrected chi connectivity index (χ1v) is 10.3. The Hall–Kier alpha value is -2.58. The summed E-state index contributed by atoms with van der Waals surface area (Å²) >= 11 is 0. The van der Waals surface area contributed by atoms with E-state index in [1.54, 1.807) is 11.1 Å². The Kier molecular flexibility index (Phi) is 6.44. The van der Waals surface area contributed by atoms with Crippen molar-refractivity contribution in [3.63, 3.8) is 0 Å². The number of nitrogens with one attached hydrogen (secondary N) is 2. The zero-order chi connectivity index (χ0) is 21.0. The molecule has 29 heavy (non-hydrogen) atoms. The summed E-state index contributed by atoms with van der Waals surface area (Å²) in [5, 5.41) is 9.37. The van der Waals surface area contributed by atoms with E-state index in [-0.39, 0.29) is 29.5 Å². The number of aromatic nitrogens is 2. The molecule has 2 saturated heterocycles. The number of amides is 2. The van der Waals surface area contributed by atoms with Gasteiger partial charge >= 0.3 is 6.09 Å². The van der Waals surface area contributed by atoms with E-state index in [9.17, 15) is 14.4 Å². The summed E-state index contributed by atoms with van der Waals surface area (Å²) in [6, 6.07) is 1.58. The lowest BCUT2D eigenvalue weighted by Crippen LogP contribution is -2.50. The third-order valence-corrected chi connectivity index (χ3v) is 5.30. The van der Waals surface area contributed by atoms with Gasteiger partial charge in [-0.25, -0.2) is 9.89 Å². The molecule has 9 nitrogen and oxygen atoms in total. The van der Waals surface area contributed by atoms with Crippen molar-refractivity contribution < 1.29 is 14.3 Å². The van der Waals surface area contributed by atoms with Gasteiger partial charge in [0.1, 0.15) is 5.60 Å². The highest BCUT2D eigenvalue weighted by Gasteiger charge is 2.31. The monoisotopic (exact) mass is 405 g/mol. The SMILES string of the molecule is CC(C)(C)OC(=O)N1CCC(NC(=O)C2CCCN(c3cn[nH]c(=O)c3)C2)CC1. The number of likely N-dealkylation sites (tertiary alicyclic amines) is 1. The van der Waals surface area contributed by atoms with Gasteiger partial charge in [-0.1, -0.05) is 0 Å². The van der Waals surface area contributed by atoms with Crippen molar-refractivity contribution in [3.05, 3.63) is 22.6 Å². The van der Waals surface area contributed by atoms with Gasteiger partial charge in [0, 0.05) is 38.3 Å². The number of carbonyl (C=O) groups excluding carboxylic acids is 2. The van der Waals surface area contributed by atoms with E-state index in [0.717, 1.165) is 37.9 Å². The van der Waals surface area contributed by atoms with Gasteiger partial charge in [0.25, 0.3) is 5.56 Å². The number of aromatic amines is 1. The normalized spacial score (nSPS) is 21.0. The number of anilines is 1. The largest absolute Gasteiger partial charge is 0.444 e. The Morgan fingerprint density at radius 3 is 2.59 bits per heavy atom. The number of piperidine rings is 2. The van der Waals surface area contributed by atoms with Crippen LogP contribution in [-0.2, 0) is 9.53 Å². The van der Waals surface area contributed by atoms with Crippen LogP contribution < -0.4 is 15.8 Å². The molecule has 0 radical (unpaired) electrons. The molecule has 0 bridgehead atoms. The second kappa shape index (κ2) is 8.84. The Balaban J connectivity index is 1.48. The predicted molar refractivity (Wildman–Crippen MR) is 109 cm³/mol. The molecule has 1 atom stereocenters. The number of carbonyl (C=O) groups is 2. The molecule has 0 aliphatic carbocycles. The maximum Gasteiger partial charge on any atom is 0.410 e. The molecular formula is C20H31N5O4. The molecule has 9 heteroatoms. The van der Waals surface area contributed by atoms with E-state index >= 15 is 0 Å². The van der Waals surface area contributed by atoms with Crippen molar-refractivity contribution in [2.75, 3.05) is 31.1 Å². The average molecular weight is 405 g/mol. The molecule has 160 valence electrons. The summed E-state index contributed by atoms with van der Waals surface area (Å²) in [5.41, 5.74) is -0.00325. The Morgan fingerprint density at radius 2 is 1.93 bits per heavy atom. The van der Waals surface area contributed by atoms with E-state index in [1.807, 2.05) is 25.7 Å². The minimum Gasteiger partial charge on any atom is -0.444 e. The lowest BCUT2D eigenvalue weighted by Gasteiger charge is -2.36. The van der Waals surface area contributed by atoms with E-state index in [1.165, 1.54) is 6.07 Å². The van der Waals surface area contributed by atoms with Crippen molar-refractivity contribution in [3.8, 4) is 0 Å². The van der Waals surface area contributed by atoms with Gasteiger partial charge in [-0.05, 0) is 46.5 Å². The Morgan fingerprint density at radius 1 is 1.21 bits per heavy atom. The number of rotatable bonds is 3. The molecule has 1 aromatic rings. The van der Waals surface area contributed by atoms with Crippen LogP contribution in [-0.4, -0.2) is 64.9 Å². The van der Waals surface area contributed by atoms with Crippen LogP contribution in [0.3, 0.4) is 0 Å². The summed E-state index contributed by atoms with van der Waals surface area (Å²) in [7, 11) is 0. The fraction of sp³-hybridized carbons (Fsp3) is 0.700. The molecule has 1 aromatic heterocycles. The molecule has 0 spiro atoms. The molecule has 2 N–H and O–H groups in total. The predicted octanol–water partition coefficient (Wildman–Crippen LogP) is 1.50. The summed E-state index contributed by atoms with van der Waals surface area (Å²) in [6.45, 7) is 8.11.